The lowest BCUT2D eigenvalue weighted by Gasteiger charge is -2.31. The van der Waals surface area contributed by atoms with Crippen LogP contribution in [-0.4, -0.2) is 30.1 Å². The average Bonchev–Trinajstić information content (AvgIpc) is 2.32. The van der Waals surface area contributed by atoms with Gasteiger partial charge in [-0.25, -0.2) is 0 Å². The van der Waals surface area contributed by atoms with Crippen molar-refractivity contribution in [2.45, 2.75) is 19.8 Å². The molecule has 20 heavy (non-hydrogen) atoms. The summed E-state index contributed by atoms with van der Waals surface area (Å²) in [5, 5.41) is 11.6. The van der Waals surface area contributed by atoms with E-state index in [0.717, 1.165) is 11.3 Å². The fourth-order valence-corrected chi connectivity index (χ4v) is 2.29. The first-order valence-corrected chi connectivity index (χ1v) is 6.78. The molecular weight excluding hydrogens is 258 g/mol. The van der Waals surface area contributed by atoms with Crippen LogP contribution in [0.4, 0.5) is 0 Å². The van der Waals surface area contributed by atoms with E-state index in [1.54, 1.807) is 0 Å². The normalized spacial score (nSPS) is 20.9. The Labute approximate surface area is 117 Å². The van der Waals surface area contributed by atoms with Gasteiger partial charge in [-0.1, -0.05) is 12.1 Å². The molecule has 1 aromatic carbocycles. The molecule has 0 aromatic heterocycles. The first-order valence-electron chi connectivity index (χ1n) is 6.78. The molecule has 1 aliphatic carbocycles. The second-order valence-corrected chi connectivity index (χ2v) is 5.08. The number of amides is 1. The number of aryl methyl sites for hydroxylation is 1. The van der Waals surface area contributed by atoms with Gasteiger partial charge in [0, 0.05) is 0 Å². The molecule has 1 amide bonds. The van der Waals surface area contributed by atoms with Crippen LogP contribution < -0.4 is 10.1 Å². The summed E-state index contributed by atoms with van der Waals surface area (Å²) in [5.74, 6) is -1.20. The van der Waals surface area contributed by atoms with Crippen molar-refractivity contribution in [2.75, 3.05) is 13.2 Å². The van der Waals surface area contributed by atoms with Crippen molar-refractivity contribution in [1.82, 2.24) is 5.32 Å². The molecule has 108 valence electrons. The standard InChI is InChI=1S/C15H19NO4/c1-10-3-2-4-11(9-10)20-8-7-16-14(17)12-5-6-13(12)15(18)19/h2-4,9,12-13H,5-8H2,1H3,(H,16,17)(H,18,19). The number of carbonyl (C=O) groups excluding carboxylic acids is 1. The van der Waals surface area contributed by atoms with E-state index in [9.17, 15) is 9.59 Å². The Kier molecular flexibility index (Phi) is 4.61. The third kappa shape index (κ3) is 3.50. The molecule has 2 atom stereocenters. The minimum atomic E-state index is -0.882. The second-order valence-electron chi connectivity index (χ2n) is 5.08. The maximum absolute atomic E-state index is 11.8. The van der Waals surface area contributed by atoms with Gasteiger partial charge in [0.1, 0.15) is 12.4 Å². The zero-order chi connectivity index (χ0) is 14.5. The number of hydrogen-bond donors (Lipinski definition) is 2. The predicted molar refractivity (Wildman–Crippen MR) is 73.5 cm³/mol. The molecule has 0 aliphatic heterocycles. The molecule has 5 heteroatoms. The van der Waals surface area contributed by atoms with Gasteiger partial charge in [0.25, 0.3) is 0 Å². The first kappa shape index (κ1) is 14.4. The van der Waals surface area contributed by atoms with Crippen LogP contribution in [0.2, 0.25) is 0 Å². The number of nitrogens with one attached hydrogen (secondary N) is 1. The van der Waals surface area contributed by atoms with Crippen molar-refractivity contribution in [2.24, 2.45) is 11.8 Å². The summed E-state index contributed by atoms with van der Waals surface area (Å²) < 4.78 is 5.51. The van der Waals surface area contributed by atoms with Crippen LogP contribution in [0.15, 0.2) is 24.3 Å². The Morgan fingerprint density at radius 3 is 2.70 bits per heavy atom. The van der Waals surface area contributed by atoms with Crippen LogP contribution in [-0.2, 0) is 9.59 Å². The highest BCUT2D eigenvalue weighted by Gasteiger charge is 2.41. The Morgan fingerprint density at radius 2 is 2.10 bits per heavy atom. The molecule has 5 nitrogen and oxygen atoms in total. The van der Waals surface area contributed by atoms with Crippen LogP contribution in [0.1, 0.15) is 18.4 Å². The highest BCUT2D eigenvalue weighted by Crippen LogP contribution is 2.34. The van der Waals surface area contributed by atoms with Crippen LogP contribution in [0.3, 0.4) is 0 Å². The molecular formula is C15H19NO4. The van der Waals surface area contributed by atoms with E-state index < -0.39 is 11.9 Å². The molecule has 0 heterocycles. The number of carboxylic acid groups (broad SMARTS) is 1. The van der Waals surface area contributed by atoms with Crippen molar-refractivity contribution in [3.05, 3.63) is 29.8 Å². The van der Waals surface area contributed by atoms with Crippen molar-refractivity contribution in [3.8, 4) is 5.75 Å². The van der Waals surface area contributed by atoms with E-state index in [0.29, 0.717) is 26.0 Å². The van der Waals surface area contributed by atoms with Crippen LogP contribution in [0.25, 0.3) is 0 Å². The number of rotatable bonds is 6. The minimum Gasteiger partial charge on any atom is -0.492 e. The molecule has 1 aromatic rings. The second kappa shape index (κ2) is 6.41. The van der Waals surface area contributed by atoms with Gasteiger partial charge in [-0.2, -0.15) is 0 Å². The number of ether oxygens (including phenoxy) is 1. The summed E-state index contributed by atoms with van der Waals surface area (Å²) >= 11 is 0. The highest BCUT2D eigenvalue weighted by atomic mass is 16.5. The fraction of sp³-hybridized carbons (Fsp3) is 0.467. The van der Waals surface area contributed by atoms with Gasteiger partial charge in [-0.05, 0) is 37.5 Å². The van der Waals surface area contributed by atoms with Crippen LogP contribution >= 0.6 is 0 Å². The molecule has 1 saturated carbocycles. The Morgan fingerprint density at radius 1 is 1.35 bits per heavy atom. The molecule has 2 unspecified atom stereocenters. The van der Waals surface area contributed by atoms with E-state index in [1.165, 1.54) is 0 Å². The number of benzene rings is 1. The van der Waals surface area contributed by atoms with Gasteiger partial charge < -0.3 is 15.2 Å². The average molecular weight is 277 g/mol. The van der Waals surface area contributed by atoms with Gasteiger partial charge in [0.15, 0.2) is 0 Å². The molecule has 1 fully saturated rings. The summed E-state index contributed by atoms with van der Waals surface area (Å²) in [6.07, 6.45) is 1.24. The van der Waals surface area contributed by atoms with Crippen LogP contribution in [0.5, 0.6) is 5.75 Å². The monoisotopic (exact) mass is 277 g/mol. The van der Waals surface area contributed by atoms with Gasteiger partial charge in [-0.3, -0.25) is 9.59 Å². The van der Waals surface area contributed by atoms with Gasteiger partial charge in [-0.15, -0.1) is 0 Å². The molecule has 0 radical (unpaired) electrons. The zero-order valence-corrected chi connectivity index (χ0v) is 11.5. The first-order chi connectivity index (χ1) is 9.58. The van der Waals surface area contributed by atoms with Crippen molar-refractivity contribution in [3.63, 3.8) is 0 Å². The Hall–Kier alpha value is -2.04. The lowest BCUT2D eigenvalue weighted by molar-refractivity contribution is -0.152. The van der Waals surface area contributed by atoms with E-state index in [-0.39, 0.29) is 11.8 Å². The smallest absolute Gasteiger partial charge is 0.307 e. The van der Waals surface area contributed by atoms with Gasteiger partial charge >= 0.3 is 5.97 Å². The molecule has 1 aliphatic rings. The topological polar surface area (TPSA) is 75.6 Å². The van der Waals surface area contributed by atoms with E-state index >= 15 is 0 Å². The number of carboxylic acids is 1. The Bertz CT molecular complexity index is 500. The highest BCUT2D eigenvalue weighted by molar-refractivity contribution is 5.86. The number of hydrogen-bond acceptors (Lipinski definition) is 3. The summed E-state index contributed by atoms with van der Waals surface area (Å²) in [5.41, 5.74) is 1.12. The molecule has 2 rings (SSSR count). The summed E-state index contributed by atoms with van der Waals surface area (Å²) in [4.78, 5) is 22.6. The summed E-state index contributed by atoms with van der Waals surface area (Å²) in [6, 6.07) is 7.68. The minimum absolute atomic E-state index is 0.184. The zero-order valence-electron chi connectivity index (χ0n) is 11.5. The van der Waals surface area contributed by atoms with Crippen molar-refractivity contribution < 1.29 is 19.4 Å². The fourth-order valence-electron chi connectivity index (χ4n) is 2.29. The molecule has 0 spiro atoms. The van der Waals surface area contributed by atoms with E-state index in [1.807, 2.05) is 31.2 Å². The lowest BCUT2D eigenvalue weighted by Crippen LogP contribution is -2.44. The van der Waals surface area contributed by atoms with E-state index in [4.69, 9.17) is 9.84 Å². The van der Waals surface area contributed by atoms with Gasteiger partial charge in [0.05, 0.1) is 18.4 Å². The third-order valence-electron chi connectivity index (χ3n) is 3.59. The van der Waals surface area contributed by atoms with E-state index in [2.05, 4.69) is 5.32 Å². The number of aliphatic carboxylic acids is 1. The third-order valence-corrected chi connectivity index (χ3v) is 3.59. The quantitative estimate of drug-likeness (QED) is 0.774. The molecule has 0 bridgehead atoms. The van der Waals surface area contributed by atoms with Crippen LogP contribution in [0, 0.1) is 18.8 Å². The summed E-state index contributed by atoms with van der Waals surface area (Å²) in [6.45, 7) is 2.74. The SMILES string of the molecule is Cc1cccc(OCCNC(=O)C2CCC2C(=O)O)c1. The van der Waals surface area contributed by atoms with Crippen molar-refractivity contribution in [1.29, 1.82) is 0 Å². The van der Waals surface area contributed by atoms with Gasteiger partial charge in [0.2, 0.25) is 5.91 Å². The maximum Gasteiger partial charge on any atom is 0.307 e. The Balaban J connectivity index is 1.68. The lowest BCUT2D eigenvalue weighted by atomic mass is 9.73. The number of carbonyl (C=O) groups is 2. The maximum atomic E-state index is 11.8. The summed E-state index contributed by atoms with van der Waals surface area (Å²) in [7, 11) is 0. The molecule has 2 N–H and O–H groups in total. The van der Waals surface area contributed by atoms with Crippen molar-refractivity contribution >= 4 is 11.9 Å². The largest absolute Gasteiger partial charge is 0.492 e. The molecule has 0 saturated heterocycles. The predicted octanol–water partition coefficient (Wildman–Crippen LogP) is 1.60.